The van der Waals surface area contributed by atoms with E-state index in [4.69, 9.17) is 0 Å². The highest BCUT2D eigenvalue weighted by Crippen LogP contribution is 2.21. The van der Waals surface area contributed by atoms with Crippen LogP contribution in [-0.2, 0) is 6.42 Å². The van der Waals surface area contributed by atoms with Crippen molar-refractivity contribution in [3.05, 3.63) is 47.0 Å². The van der Waals surface area contributed by atoms with Crippen LogP contribution in [0, 0.1) is 13.8 Å². The van der Waals surface area contributed by atoms with Crippen molar-refractivity contribution in [1.82, 2.24) is 0 Å². The summed E-state index contributed by atoms with van der Waals surface area (Å²) in [4.78, 5) is 0. The van der Waals surface area contributed by atoms with Gasteiger partial charge in [-0.25, -0.2) is 0 Å². The molecule has 2 rings (SSSR count). The summed E-state index contributed by atoms with van der Waals surface area (Å²) in [6.45, 7) is 6.54. The van der Waals surface area contributed by atoms with E-state index in [0.717, 1.165) is 6.42 Å². The molecule has 0 heterocycles. The second kappa shape index (κ2) is 3.45. The van der Waals surface area contributed by atoms with E-state index >= 15 is 0 Å². The Labute approximate surface area is 85.6 Å². The molecule has 14 heavy (non-hydrogen) atoms. The molecular weight excluding hydrogens is 168 g/mol. The number of fused-ring (bicyclic) bond motifs is 1. The fraction of sp³-hybridized carbons (Fsp3) is 0.286. The summed E-state index contributed by atoms with van der Waals surface area (Å²) in [6.07, 6.45) is 1.11. The Hall–Kier alpha value is -1.30. The third kappa shape index (κ3) is 1.52. The Kier molecular flexibility index (Phi) is 2.28. The van der Waals surface area contributed by atoms with Gasteiger partial charge in [-0.2, -0.15) is 0 Å². The molecule has 0 saturated heterocycles. The summed E-state index contributed by atoms with van der Waals surface area (Å²) in [5.41, 5.74) is 4.15. The monoisotopic (exact) mass is 184 g/mol. The standard InChI is InChI=1S/C14H16/c1-4-12-5-6-13-8-10(2)7-11(3)14(13)9-12/h5-9H,4H2,1-3H3. The Morgan fingerprint density at radius 2 is 1.79 bits per heavy atom. The molecule has 0 aliphatic rings. The van der Waals surface area contributed by atoms with Crippen molar-refractivity contribution >= 4 is 10.8 Å². The lowest BCUT2D eigenvalue weighted by atomic mass is 9.99. The summed E-state index contributed by atoms with van der Waals surface area (Å²) in [5.74, 6) is 0. The molecule has 0 nitrogen and oxygen atoms in total. The number of hydrogen-bond acceptors (Lipinski definition) is 0. The molecule has 2 aromatic carbocycles. The topological polar surface area (TPSA) is 0 Å². The van der Waals surface area contributed by atoms with Gasteiger partial charge in [0.15, 0.2) is 0 Å². The average Bonchev–Trinajstić information content (AvgIpc) is 2.17. The maximum atomic E-state index is 2.31. The fourth-order valence-corrected chi connectivity index (χ4v) is 2.00. The molecular formula is C14H16. The molecule has 0 unspecified atom stereocenters. The molecule has 0 spiro atoms. The lowest BCUT2D eigenvalue weighted by Gasteiger charge is -2.06. The summed E-state index contributed by atoms with van der Waals surface area (Å²) in [5, 5.41) is 2.76. The normalized spacial score (nSPS) is 10.8. The van der Waals surface area contributed by atoms with Crippen LogP contribution in [0.25, 0.3) is 10.8 Å². The molecule has 2 aromatic rings. The van der Waals surface area contributed by atoms with Gasteiger partial charge in [0.2, 0.25) is 0 Å². The molecule has 0 heteroatoms. The third-order valence-electron chi connectivity index (χ3n) is 2.78. The summed E-state index contributed by atoms with van der Waals surface area (Å²) in [6, 6.07) is 11.3. The number of rotatable bonds is 1. The van der Waals surface area contributed by atoms with Crippen molar-refractivity contribution in [1.29, 1.82) is 0 Å². The van der Waals surface area contributed by atoms with Crippen molar-refractivity contribution < 1.29 is 0 Å². The van der Waals surface area contributed by atoms with Crippen LogP contribution in [0.4, 0.5) is 0 Å². The van der Waals surface area contributed by atoms with E-state index in [1.165, 1.54) is 27.5 Å². The van der Waals surface area contributed by atoms with Crippen molar-refractivity contribution in [2.45, 2.75) is 27.2 Å². The van der Waals surface area contributed by atoms with E-state index in [1.54, 1.807) is 0 Å². The zero-order chi connectivity index (χ0) is 10.1. The SMILES string of the molecule is CCc1ccc2cc(C)cc(C)c2c1. The van der Waals surface area contributed by atoms with Crippen LogP contribution in [0.1, 0.15) is 23.6 Å². The first-order valence-corrected chi connectivity index (χ1v) is 5.20. The van der Waals surface area contributed by atoms with E-state index < -0.39 is 0 Å². The fourth-order valence-electron chi connectivity index (χ4n) is 2.00. The Morgan fingerprint density at radius 1 is 1.00 bits per heavy atom. The van der Waals surface area contributed by atoms with E-state index in [9.17, 15) is 0 Å². The molecule has 0 saturated carbocycles. The minimum absolute atomic E-state index is 1.11. The maximum absolute atomic E-state index is 2.31. The predicted octanol–water partition coefficient (Wildman–Crippen LogP) is 4.02. The minimum atomic E-state index is 1.11. The number of aryl methyl sites for hydroxylation is 3. The highest BCUT2D eigenvalue weighted by Gasteiger charge is 1.99. The van der Waals surface area contributed by atoms with Gasteiger partial charge < -0.3 is 0 Å². The van der Waals surface area contributed by atoms with Gasteiger partial charge >= 0.3 is 0 Å². The van der Waals surface area contributed by atoms with Crippen LogP contribution >= 0.6 is 0 Å². The van der Waals surface area contributed by atoms with E-state index in [0.29, 0.717) is 0 Å². The van der Waals surface area contributed by atoms with Crippen LogP contribution in [-0.4, -0.2) is 0 Å². The summed E-state index contributed by atoms with van der Waals surface area (Å²) < 4.78 is 0. The zero-order valence-electron chi connectivity index (χ0n) is 9.09. The largest absolute Gasteiger partial charge is 0.0613 e. The summed E-state index contributed by atoms with van der Waals surface area (Å²) >= 11 is 0. The van der Waals surface area contributed by atoms with Gasteiger partial charge in [0.1, 0.15) is 0 Å². The first kappa shape index (κ1) is 9.26. The molecule has 0 amide bonds. The second-order valence-electron chi connectivity index (χ2n) is 3.99. The minimum Gasteiger partial charge on any atom is -0.0613 e. The Morgan fingerprint density at radius 3 is 2.50 bits per heavy atom. The molecule has 0 bridgehead atoms. The Bertz CT molecular complexity index is 467. The van der Waals surface area contributed by atoms with Crippen LogP contribution in [0.15, 0.2) is 30.3 Å². The number of hydrogen-bond donors (Lipinski definition) is 0. The van der Waals surface area contributed by atoms with E-state index in [2.05, 4.69) is 51.1 Å². The van der Waals surface area contributed by atoms with Crippen LogP contribution in [0.5, 0.6) is 0 Å². The van der Waals surface area contributed by atoms with Crippen molar-refractivity contribution in [2.24, 2.45) is 0 Å². The second-order valence-corrected chi connectivity index (χ2v) is 3.99. The quantitative estimate of drug-likeness (QED) is 0.628. The molecule has 0 radical (unpaired) electrons. The maximum Gasteiger partial charge on any atom is -0.0152 e. The first-order chi connectivity index (χ1) is 6.70. The molecule has 0 aliphatic carbocycles. The van der Waals surface area contributed by atoms with E-state index in [1.807, 2.05) is 0 Å². The van der Waals surface area contributed by atoms with Gasteiger partial charge in [-0.1, -0.05) is 42.8 Å². The Balaban J connectivity index is 2.75. The average molecular weight is 184 g/mol. The lowest BCUT2D eigenvalue weighted by molar-refractivity contribution is 1.15. The first-order valence-electron chi connectivity index (χ1n) is 5.20. The third-order valence-corrected chi connectivity index (χ3v) is 2.78. The van der Waals surface area contributed by atoms with Crippen molar-refractivity contribution in [3.63, 3.8) is 0 Å². The van der Waals surface area contributed by atoms with Gasteiger partial charge in [-0.05, 0) is 42.2 Å². The smallest absolute Gasteiger partial charge is 0.0152 e. The molecule has 0 N–H and O–H groups in total. The van der Waals surface area contributed by atoms with Gasteiger partial charge in [-0.3, -0.25) is 0 Å². The molecule has 0 fully saturated rings. The highest BCUT2D eigenvalue weighted by molar-refractivity contribution is 5.86. The van der Waals surface area contributed by atoms with Crippen LogP contribution in [0.2, 0.25) is 0 Å². The highest BCUT2D eigenvalue weighted by atomic mass is 14.0. The molecule has 0 atom stereocenters. The van der Waals surface area contributed by atoms with Gasteiger partial charge in [-0.15, -0.1) is 0 Å². The summed E-state index contributed by atoms with van der Waals surface area (Å²) in [7, 11) is 0. The van der Waals surface area contributed by atoms with Crippen molar-refractivity contribution in [3.8, 4) is 0 Å². The zero-order valence-corrected chi connectivity index (χ0v) is 9.09. The predicted molar refractivity (Wildman–Crippen MR) is 62.8 cm³/mol. The lowest BCUT2D eigenvalue weighted by Crippen LogP contribution is -1.85. The van der Waals surface area contributed by atoms with E-state index in [-0.39, 0.29) is 0 Å². The number of benzene rings is 2. The van der Waals surface area contributed by atoms with Gasteiger partial charge in [0, 0.05) is 0 Å². The molecule has 0 aromatic heterocycles. The van der Waals surface area contributed by atoms with Crippen molar-refractivity contribution in [2.75, 3.05) is 0 Å². The van der Waals surface area contributed by atoms with Gasteiger partial charge in [0.25, 0.3) is 0 Å². The van der Waals surface area contributed by atoms with Crippen LogP contribution < -0.4 is 0 Å². The van der Waals surface area contributed by atoms with Crippen LogP contribution in [0.3, 0.4) is 0 Å². The molecule has 72 valence electrons. The van der Waals surface area contributed by atoms with Gasteiger partial charge in [0.05, 0.1) is 0 Å². The molecule has 0 aliphatic heterocycles.